The molecule has 0 aromatic carbocycles. The van der Waals surface area contributed by atoms with E-state index in [1.165, 1.54) is 18.7 Å². The summed E-state index contributed by atoms with van der Waals surface area (Å²) in [7, 11) is -4.72. The number of thioether (sulfide) groups is 1. The fourth-order valence-electron chi connectivity index (χ4n) is 3.25. The second kappa shape index (κ2) is 13.4. The highest BCUT2D eigenvalue weighted by molar-refractivity contribution is 8.23. The zero-order valence-corrected chi connectivity index (χ0v) is 28.3. The fourth-order valence-corrected chi connectivity index (χ4v) is 7.13. The standard InChI is InChI=1S/C25H50O7S2Si2/c1-14-27-22(28-15-2)21(32-36(12,13)25(7,8)9)20(31-35(10,11)24(4,5)6)19(30-17(3)26)18-16-29-23(33)34-18/h18-22H,14-16H2,1-13H3/t18-,19-,20-,21-/m1/s1. The van der Waals surface area contributed by atoms with Crippen molar-refractivity contribution in [3.8, 4) is 0 Å². The number of thiocarbonyl (C=S) groups is 1. The van der Waals surface area contributed by atoms with Crippen LogP contribution in [0.2, 0.25) is 36.3 Å². The van der Waals surface area contributed by atoms with Gasteiger partial charge in [-0.25, -0.2) is 0 Å². The van der Waals surface area contributed by atoms with Gasteiger partial charge in [0, 0.05) is 20.1 Å². The summed E-state index contributed by atoms with van der Waals surface area (Å²) in [4.78, 5) is 12.4. The third-order valence-corrected chi connectivity index (χ3v) is 17.7. The Bertz CT molecular complexity index is 729. The lowest BCUT2D eigenvalue weighted by Crippen LogP contribution is -2.61. The van der Waals surface area contributed by atoms with Gasteiger partial charge >= 0.3 is 5.97 Å². The second-order valence-electron chi connectivity index (χ2n) is 12.3. The maximum Gasteiger partial charge on any atom is 0.303 e. The lowest BCUT2D eigenvalue weighted by Gasteiger charge is -2.48. The first-order valence-corrected chi connectivity index (χ1v) is 20.0. The molecule has 0 amide bonds. The molecule has 0 N–H and O–H groups in total. The van der Waals surface area contributed by atoms with Crippen LogP contribution in [0.3, 0.4) is 0 Å². The molecule has 0 spiro atoms. The molecule has 0 aliphatic carbocycles. The molecule has 1 rings (SSSR count). The first-order chi connectivity index (χ1) is 16.3. The summed E-state index contributed by atoms with van der Waals surface area (Å²) in [6, 6.07) is 0. The minimum Gasteiger partial charge on any atom is -0.477 e. The van der Waals surface area contributed by atoms with Crippen LogP contribution in [0, 0.1) is 0 Å². The highest BCUT2D eigenvalue weighted by Gasteiger charge is 2.52. The Morgan fingerprint density at radius 2 is 1.42 bits per heavy atom. The highest BCUT2D eigenvalue weighted by atomic mass is 32.2. The second-order valence-corrected chi connectivity index (χ2v) is 23.6. The van der Waals surface area contributed by atoms with Gasteiger partial charge in [0.2, 0.25) is 4.38 Å². The minimum atomic E-state index is -2.38. The SMILES string of the molecule is CCOC(OCC)[C@H](O[Si](C)(C)C(C)(C)C)[C@H](O[Si](C)(C)C(C)(C)C)[C@H](OC(C)=O)[C@H]1COC(=S)S1. The Labute approximate surface area is 231 Å². The molecule has 1 heterocycles. The van der Waals surface area contributed by atoms with Crippen molar-refractivity contribution >= 4 is 51.0 Å². The molecule has 1 fully saturated rings. The Morgan fingerprint density at radius 1 is 0.972 bits per heavy atom. The van der Waals surface area contributed by atoms with Gasteiger partial charge in [0.25, 0.3) is 0 Å². The van der Waals surface area contributed by atoms with Crippen LogP contribution in [0.25, 0.3) is 0 Å². The van der Waals surface area contributed by atoms with Crippen LogP contribution in [-0.2, 0) is 32.6 Å². The molecule has 36 heavy (non-hydrogen) atoms. The van der Waals surface area contributed by atoms with Crippen LogP contribution in [0.1, 0.15) is 62.3 Å². The summed E-state index contributed by atoms with van der Waals surface area (Å²) in [6.45, 7) is 28.4. The van der Waals surface area contributed by atoms with E-state index in [1.807, 2.05) is 13.8 Å². The molecule has 1 aliphatic heterocycles. The lowest BCUT2D eigenvalue weighted by atomic mass is 10.0. The Balaban J connectivity index is 3.77. The zero-order valence-electron chi connectivity index (χ0n) is 24.7. The van der Waals surface area contributed by atoms with Gasteiger partial charge in [0.05, 0.1) is 5.25 Å². The molecule has 0 bridgehead atoms. The number of esters is 1. The molecule has 7 nitrogen and oxygen atoms in total. The summed E-state index contributed by atoms with van der Waals surface area (Å²) < 4.78 is 38.5. The van der Waals surface area contributed by atoms with Gasteiger partial charge in [-0.3, -0.25) is 4.79 Å². The number of hydrogen-bond acceptors (Lipinski definition) is 9. The molecule has 0 saturated carbocycles. The molecule has 0 aromatic rings. The zero-order chi connectivity index (χ0) is 28.1. The van der Waals surface area contributed by atoms with Crippen LogP contribution in [-0.4, -0.2) is 76.7 Å². The topological polar surface area (TPSA) is 72.5 Å². The Morgan fingerprint density at radius 3 is 1.75 bits per heavy atom. The average Bonchev–Trinajstić information content (AvgIpc) is 3.13. The molecule has 1 saturated heterocycles. The number of rotatable bonds is 13. The van der Waals surface area contributed by atoms with Gasteiger partial charge in [0.1, 0.15) is 24.9 Å². The summed E-state index contributed by atoms with van der Waals surface area (Å²) in [5.74, 6) is -0.391. The maximum absolute atomic E-state index is 12.4. The van der Waals surface area contributed by atoms with E-state index >= 15 is 0 Å². The van der Waals surface area contributed by atoms with Gasteiger partial charge in [0.15, 0.2) is 22.9 Å². The molecule has 0 unspecified atom stereocenters. The van der Waals surface area contributed by atoms with Crippen molar-refractivity contribution < 1.29 is 32.6 Å². The number of hydrogen-bond donors (Lipinski definition) is 0. The molecule has 0 radical (unpaired) electrons. The van der Waals surface area contributed by atoms with E-state index in [2.05, 4.69) is 67.7 Å². The van der Waals surface area contributed by atoms with Crippen LogP contribution in [0.15, 0.2) is 0 Å². The summed E-state index contributed by atoms with van der Waals surface area (Å²) in [5.41, 5.74) is 0. The predicted octanol–water partition coefficient (Wildman–Crippen LogP) is 6.51. The van der Waals surface area contributed by atoms with Gasteiger partial charge in [-0.2, -0.15) is 0 Å². The van der Waals surface area contributed by atoms with Gasteiger partial charge < -0.3 is 27.8 Å². The van der Waals surface area contributed by atoms with E-state index in [1.54, 1.807) is 0 Å². The average molecular weight is 583 g/mol. The number of carbonyl (C=O) groups is 1. The number of ether oxygens (including phenoxy) is 4. The highest BCUT2D eigenvalue weighted by Crippen LogP contribution is 2.43. The number of carbonyl (C=O) groups excluding carboxylic acids is 1. The molecule has 4 atom stereocenters. The van der Waals surface area contributed by atoms with Crippen LogP contribution < -0.4 is 0 Å². The minimum absolute atomic E-state index is 0.0700. The van der Waals surface area contributed by atoms with Gasteiger partial charge in [-0.1, -0.05) is 53.3 Å². The molecule has 1 aliphatic rings. The summed E-state index contributed by atoms with van der Waals surface area (Å²) in [5, 5.41) is -0.389. The van der Waals surface area contributed by atoms with Crippen molar-refractivity contribution in [3.63, 3.8) is 0 Å². The van der Waals surface area contributed by atoms with Crippen LogP contribution >= 0.6 is 24.0 Å². The van der Waals surface area contributed by atoms with Gasteiger partial charge in [-0.15, -0.1) is 0 Å². The first kappa shape index (κ1) is 34.0. The third kappa shape index (κ3) is 9.32. The molecule has 11 heteroatoms. The quantitative estimate of drug-likeness (QED) is 0.104. The van der Waals surface area contributed by atoms with Crippen LogP contribution in [0.5, 0.6) is 0 Å². The largest absolute Gasteiger partial charge is 0.477 e. The van der Waals surface area contributed by atoms with Crippen molar-refractivity contribution in [2.45, 2.75) is 128 Å². The third-order valence-electron chi connectivity index (χ3n) is 7.33. The first-order valence-electron chi connectivity index (χ1n) is 12.9. The molecule has 212 valence electrons. The van der Waals surface area contributed by atoms with E-state index in [0.717, 1.165) is 0 Å². The van der Waals surface area contributed by atoms with E-state index in [0.29, 0.717) is 24.2 Å². The summed E-state index contributed by atoms with van der Waals surface area (Å²) in [6.07, 6.45) is -2.63. The lowest BCUT2D eigenvalue weighted by molar-refractivity contribution is -0.218. The van der Waals surface area contributed by atoms with E-state index in [4.69, 9.17) is 40.0 Å². The van der Waals surface area contributed by atoms with Crippen molar-refractivity contribution in [3.05, 3.63) is 0 Å². The van der Waals surface area contributed by atoms with E-state index < -0.39 is 47.2 Å². The molecule has 0 aromatic heterocycles. The smallest absolute Gasteiger partial charge is 0.303 e. The monoisotopic (exact) mass is 582 g/mol. The van der Waals surface area contributed by atoms with Crippen molar-refractivity contribution in [1.82, 2.24) is 0 Å². The van der Waals surface area contributed by atoms with E-state index in [9.17, 15) is 4.79 Å². The summed E-state index contributed by atoms with van der Waals surface area (Å²) >= 11 is 6.71. The molecular weight excluding hydrogens is 533 g/mol. The fraction of sp³-hybridized carbons (Fsp3) is 0.920. The van der Waals surface area contributed by atoms with Crippen molar-refractivity contribution in [2.24, 2.45) is 0 Å². The van der Waals surface area contributed by atoms with Crippen LogP contribution in [0.4, 0.5) is 0 Å². The Hall–Kier alpha value is -0.0162. The van der Waals surface area contributed by atoms with Crippen molar-refractivity contribution in [1.29, 1.82) is 0 Å². The predicted molar refractivity (Wildman–Crippen MR) is 157 cm³/mol. The Kier molecular flexibility index (Phi) is 12.6. The molecular formula is C25H50O7S2Si2. The van der Waals surface area contributed by atoms with E-state index in [-0.39, 0.29) is 15.3 Å². The maximum atomic E-state index is 12.4. The normalized spacial score (nSPS) is 20.3. The van der Waals surface area contributed by atoms with Gasteiger partial charge in [-0.05, 0) is 62.3 Å². The van der Waals surface area contributed by atoms with Crippen molar-refractivity contribution in [2.75, 3.05) is 19.8 Å².